The van der Waals surface area contributed by atoms with E-state index in [2.05, 4.69) is 4.98 Å². The summed E-state index contributed by atoms with van der Waals surface area (Å²) in [6.45, 7) is 2.29. The summed E-state index contributed by atoms with van der Waals surface area (Å²) in [7, 11) is 0. The molecule has 0 amide bonds. The van der Waals surface area contributed by atoms with E-state index in [0.717, 1.165) is 16.8 Å². The van der Waals surface area contributed by atoms with E-state index < -0.39 is 0 Å². The van der Waals surface area contributed by atoms with Crippen LogP contribution in [0.3, 0.4) is 0 Å². The van der Waals surface area contributed by atoms with E-state index in [0.29, 0.717) is 22.7 Å². The highest BCUT2D eigenvalue weighted by Crippen LogP contribution is 2.31. The van der Waals surface area contributed by atoms with Gasteiger partial charge in [0.1, 0.15) is 10.8 Å². The summed E-state index contributed by atoms with van der Waals surface area (Å²) in [4.78, 5) is 4.56. The molecular formula is C17H15FN2S. The van der Waals surface area contributed by atoms with Gasteiger partial charge in [0.05, 0.1) is 5.69 Å². The molecule has 1 aromatic heterocycles. The Bertz CT molecular complexity index is 763. The number of thiazole rings is 1. The molecule has 2 nitrogen and oxygen atoms in total. The van der Waals surface area contributed by atoms with Crippen LogP contribution in [0.1, 0.15) is 11.1 Å². The third kappa shape index (κ3) is 2.73. The van der Waals surface area contributed by atoms with E-state index in [1.54, 1.807) is 19.1 Å². The van der Waals surface area contributed by atoms with Crippen LogP contribution in [0.5, 0.6) is 0 Å². The first-order valence-electron chi connectivity index (χ1n) is 6.69. The Labute approximate surface area is 127 Å². The highest BCUT2D eigenvalue weighted by molar-refractivity contribution is 7.13. The predicted octanol–water partition coefficient (Wildman–Crippen LogP) is 4.38. The number of nitrogens with zero attached hydrogens (tertiary/aromatic N) is 1. The van der Waals surface area contributed by atoms with Gasteiger partial charge < -0.3 is 5.73 Å². The van der Waals surface area contributed by atoms with Crippen molar-refractivity contribution >= 4 is 11.3 Å². The summed E-state index contributed by atoms with van der Waals surface area (Å²) in [5, 5.41) is 2.66. The molecule has 0 unspecified atom stereocenters. The summed E-state index contributed by atoms with van der Waals surface area (Å²) < 4.78 is 14.2. The van der Waals surface area contributed by atoms with E-state index >= 15 is 0 Å². The zero-order valence-electron chi connectivity index (χ0n) is 11.6. The molecule has 0 spiro atoms. The molecule has 2 aromatic carbocycles. The van der Waals surface area contributed by atoms with Crippen molar-refractivity contribution in [2.45, 2.75) is 13.5 Å². The van der Waals surface area contributed by atoms with Crippen molar-refractivity contribution < 1.29 is 4.39 Å². The molecule has 0 saturated heterocycles. The zero-order valence-corrected chi connectivity index (χ0v) is 12.5. The quantitative estimate of drug-likeness (QED) is 0.779. The summed E-state index contributed by atoms with van der Waals surface area (Å²) in [5.74, 6) is -0.197. The molecule has 1 heterocycles. The van der Waals surface area contributed by atoms with Gasteiger partial charge in [-0.1, -0.05) is 36.4 Å². The first-order valence-corrected chi connectivity index (χ1v) is 7.57. The summed E-state index contributed by atoms with van der Waals surface area (Å²) in [5.41, 5.74) is 9.75. The van der Waals surface area contributed by atoms with E-state index in [9.17, 15) is 4.39 Å². The fraction of sp³-hybridized carbons (Fsp3) is 0.118. The minimum atomic E-state index is -0.197. The van der Waals surface area contributed by atoms with Crippen LogP contribution in [-0.2, 0) is 6.54 Å². The van der Waals surface area contributed by atoms with Crippen molar-refractivity contribution in [2.24, 2.45) is 5.73 Å². The Morgan fingerprint density at radius 3 is 2.62 bits per heavy atom. The Hall–Kier alpha value is -2.04. The van der Waals surface area contributed by atoms with Gasteiger partial charge in [-0.3, -0.25) is 0 Å². The lowest BCUT2D eigenvalue weighted by Gasteiger charge is -2.02. The van der Waals surface area contributed by atoms with Crippen molar-refractivity contribution in [2.75, 3.05) is 0 Å². The van der Waals surface area contributed by atoms with Crippen molar-refractivity contribution in [3.05, 3.63) is 64.8 Å². The second-order valence-electron chi connectivity index (χ2n) is 4.88. The summed E-state index contributed by atoms with van der Waals surface area (Å²) in [6.07, 6.45) is 0. The number of benzene rings is 2. The standard InChI is InChI=1S/C17H15FN2S/c1-11-3-2-4-14(16(11)18)17-20-15(10-21-17)13-7-5-12(9-19)6-8-13/h2-8,10H,9,19H2,1H3. The number of rotatable bonds is 3. The maximum Gasteiger partial charge on any atom is 0.136 e. The molecule has 2 N–H and O–H groups in total. The van der Waals surface area contributed by atoms with Gasteiger partial charge in [-0.15, -0.1) is 11.3 Å². The monoisotopic (exact) mass is 298 g/mol. The Kier molecular flexibility index (Phi) is 3.82. The summed E-state index contributed by atoms with van der Waals surface area (Å²) >= 11 is 1.45. The molecule has 4 heteroatoms. The second kappa shape index (κ2) is 5.76. The molecule has 3 aromatic rings. The van der Waals surface area contributed by atoms with Crippen LogP contribution in [0.15, 0.2) is 47.8 Å². The van der Waals surface area contributed by atoms with Crippen molar-refractivity contribution in [3.63, 3.8) is 0 Å². The predicted molar refractivity (Wildman–Crippen MR) is 85.6 cm³/mol. The smallest absolute Gasteiger partial charge is 0.136 e. The normalized spacial score (nSPS) is 10.8. The number of hydrogen-bond acceptors (Lipinski definition) is 3. The molecule has 0 aliphatic heterocycles. The lowest BCUT2D eigenvalue weighted by Crippen LogP contribution is -1.95. The van der Waals surface area contributed by atoms with Crippen molar-refractivity contribution in [1.29, 1.82) is 0 Å². The van der Waals surface area contributed by atoms with Gasteiger partial charge in [0, 0.05) is 23.1 Å². The fourth-order valence-corrected chi connectivity index (χ4v) is 3.00. The van der Waals surface area contributed by atoms with E-state index in [-0.39, 0.29) is 5.82 Å². The second-order valence-corrected chi connectivity index (χ2v) is 5.73. The Balaban J connectivity index is 1.97. The Morgan fingerprint density at radius 2 is 1.90 bits per heavy atom. The third-order valence-corrected chi connectivity index (χ3v) is 4.29. The van der Waals surface area contributed by atoms with Crippen LogP contribution in [0.4, 0.5) is 4.39 Å². The first-order chi connectivity index (χ1) is 10.2. The van der Waals surface area contributed by atoms with Crippen LogP contribution in [0, 0.1) is 12.7 Å². The molecule has 21 heavy (non-hydrogen) atoms. The van der Waals surface area contributed by atoms with E-state index in [1.807, 2.05) is 35.7 Å². The van der Waals surface area contributed by atoms with Crippen LogP contribution >= 0.6 is 11.3 Å². The number of hydrogen-bond donors (Lipinski definition) is 1. The molecule has 3 rings (SSSR count). The molecule has 0 bridgehead atoms. The highest BCUT2D eigenvalue weighted by Gasteiger charge is 2.12. The van der Waals surface area contributed by atoms with Gasteiger partial charge in [-0.25, -0.2) is 9.37 Å². The SMILES string of the molecule is Cc1cccc(-c2nc(-c3ccc(CN)cc3)cs2)c1F. The minimum absolute atomic E-state index is 0.197. The topological polar surface area (TPSA) is 38.9 Å². The number of aromatic nitrogens is 1. The van der Waals surface area contributed by atoms with Gasteiger partial charge in [-0.2, -0.15) is 0 Å². The van der Waals surface area contributed by atoms with E-state index in [4.69, 9.17) is 5.73 Å². The molecule has 106 valence electrons. The van der Waals surface area contributed by atoms with Gasteiger partial charge in [-0.05, 0) is 24.1 Å². The first kappa shape index (κ1) is 13.9. The van der Waals surface area contributed by atoms with Crippen LogP contribution < -0.4 is 5.73 Å². The van der Waals surface area contributed by atoms with Gasteiger partial charge in [0.15, 0.2) is 0 Å². The highest BCUT2D eigenvalue weighted by atomic mass is 32.1. The molecule has 0 atom stereocenters. The Morgan fingerprint density at radius 1 is 1.14 bits per heavy atom. The lowest BCUT2D eigenvalue weighted by molar-refractivity contribution is 0.622. The van der Waals surface area contributed by atoms with Gasteiger partial charge in [0.2, 0.25) is 0 Å². The van der Waals surface area contributed by atoms with Crippen LogP contribution in [-0.4, -0.2) is 4.98 Å². The largest absolute Gasteiger partial charge is 0.326 e. The average Bonchev–Trinajstić information content (AvgIpc) is 3.00. The van der Waals surface area contributed by atoms with Gasteiger partial charge >= 0.3 is 0 Å². The molecule has 0 aliphatic rings. The minimum Gasteiger partial charge on any atom is -0.326 e. The number of aryl methyl sites for hydroxylation is 1. The maximum absolute atomic E-state index is 14.2. The van der Waals surface area contributed by atoms with Crippen LogP contribution in [0.25, 0.3) is 21.8 Å². The van der Waals surface area contributed by atoms with Crippen molar-refractivity contribution in [1.82, 2.24) is 4.98 Å². The van der Waals surface area contributed by atoms with E-state index in [1.165, 1.54) is 11.3 Å². The molecule has 0 saturated carbocycles. The third-order valence-electron chi connectivity index (χ3n) is 3.41. The molecular weight excluding hydrogens is 283 g/mol. The number of halogens is 1. The molecule has 0 fully saturated rings. The maximum atomic E-state index is 14.2. The lowest BCUT2D eigenvalue weighted by atomic mass is 10.1. The van der Waals surface area contributed by atoms with Crippen LogP contribution in [0.2, 0.25) is 0 Å². The zero-order chi connectivity index (χ0) is 14.8. The average molecular weight is 298 g/mol. The van der Waals surface area contributed by atoms with Gasteiger partial charge in [0.25, 0.3) is 0 Å². The summed E-state index contributed by atoms with van der Waals surface area (Å²) in [6, 6.07) is 13.3. The molecule has 0 radical (unpaired) electrons. The number of nitrogens with two attached hydrogens (primary N) is 1. The molecule has 0 aliphatic carbocycles. The van der Waals surface area contributed by atoms with Crippen molar-refractivity contribution in [3.8, 4) is 21.8 Å². The fourth-order valence-electron chi connectivity index (χ4n) is 2.15.